The number of nitrogens with zero attached hydrogens (tertiary/aromatic N) is 2. The van der Waals surface area contributed by atoms with Gasteiger partial charge in [0.15, 0.2) is 0 Å². The highest BCUT2D eigenvalue weighted by Gasteiger charge is 2.37. The van der Waals surface area contributed by atoms with E-state index in [1.165, 1.54) is 6.07 Å². The molecule has 110 valence electrons. The van der Waals surface area contributed by atoms with E-state index in [0.717, 1.165) is 12.3 Å². The lowest BCUT2D eigenvalue weighted by Crippen LogP contribution is -2.37. The van der Waals surface area contributed by atoms with Gasteiger partial charge in [-0.15, -0.1) is 0 Å². The normalized spacial score (nSPS) is 23.1. The second-order valence-electron chi connectivity index (χ2n) is 4.02. The lowest BCUT2D eigenvalue weighted by molar-refractivity contribution is -0.141. The Morgan fingerprint density at radius 1 is 1.55 bits per heavy atom. The first-order chi connectivity index (χ1) is 9.29. The maximum absolute atomic E-state index is 12.3. The van der Waals surface area contributed by atoms with Crippen molar-refractivity contribution in [2.24, 2.45) is 0 Å². The molecule has 20 heavy (non-hydrogen) atoms. The fourth-order valence-corrected chi connectivity index (χ4v) is 2.62. The van der Waals surface area contributed by atoms with E-state index in [2.05, 4.69) is 4.98 Å². The van der Waals surface area contributed by atoms with Crippen LogP contribution in [0.15, 0.2) is 18.3 Å². The second kappa shape index (κ2) is 5.37. The van der Waals surface area contributed by atoms with Gasteiger partial charge in [-0.1, -0.05) is 6.07 Å². The van der Waals surface area contributed by atoms with Crippen LogP contribution in [0.1, 0.15) is 11.3 Å². The maximum atomic E-state index is 12.3. The molecule has 1 unspecified atom stereocenters. The molecule has 6 nitrogen and oxygen atoms in total. The molecule has 2 heterocycles. The predicted octanol–water partition coefficient (Wildman–Crippen LogP) is 1.60. The number of rotatable bonds is 2. The minimum Gasteiger partial charge on any atom is -0.464 e. The molecule has 1 N–H and O–H groups in total. The molecular formula is C10H9F3N2O4S. The first-order valence-electron chi connectivity index (χ1n) is 5.38. The zero-order valence-electron chi connectivity index (χ0n) is 9.83. The van der Waals surface area contributed by atoms with E-state index < -0.39 is 35.3 Å². The number of pyridine rings is 1. The molecule has 0 aromatic carbocycles. The Bertz CT molecular complexity index is 534. The third-order valence-electron chi connectivity index (χ3n) is 2.63. The lowest BCUT2D eigenvalue weighted by Gasteiger charge is -2.16. The first-order valence-corrected chi connectivity index (χ1v) is 6.41. The summed E-state index contributed by atoms with van der Waals surface area (Å²) < 4.78 is 53.6. The molecule has 0 saturated carbocycles. The summed E-state index contributed by atoms with van der Waals surface area (Å²) in [4.78, 5) is 14.2. The Balaban J connectivity index is 2.11. The number of carbonyl (C=O) groups is 1. The molecular weight excluding hydrogens is 301 g/mol. The van der Waals surface area contributed by atoms with Gasteiger partial charge >= 0.3 is 12.3 Å². The van der Waals surface area contributed by atoms with Crippen molar-refractivity contribution in [3.8, 4) is 0 Å². The van der Waals surface area contributed by atoms with E-state index in [1.54, 1.807) is 0 Å². The summed E-state index contributed by atoms with van der Waals surface area (Å²) in [6.45, 7) is -0.0834. The Morgan fingerprint density at radius 2 is 2.25 bits per heavy atom. The van der Waals surface area contributed by atoms with Crippen molar-refractivity contribution in [3.05, 3.63) is 29.6 Å². The second-order valence-corrected chi connectivity index (χ2v) is 5.08. The largest absolute Gasteiger partial charge is 0.464 e. The minimum absolute atomic E-state index is 0.0726. The number of aromatic nitrogens is 1. The van der Waals surface area contributed by atoms with Gasteiger partial charge in [0, 0.05) is 6.20 Å². The molecule has 1 aromatic rings. The van der Waals surface area contributed by atoms with Crippen molar-refractivity contribution >= 4 is 17.4 Å². The van der Waals surface area contributed by atoms with Crippen LogP contribution in [0.25, 0.3) is 0 Å². The van der Waals surface area contributed by atoms with E-state index >= 15 is 0 Å². The number of carboxylic acid groups (broad SMARTS) is 1. The van der Waals surface area contributed by atoms with Gasteiger partial charge in [-0.2, -0.15) is 17.5 Å². The molecule has 1 aliphatic rings. The number of hydrogen-bond acceptors (Lipinski definition) is 4. The van der Waals surface area contributed by atoms with Crippen molar-refractivity contribution in [2.75, 3.05) is 6.61 Å². The fourth-order valence-electron chi connectivity index (χ4n) is 1.73. The summed E-state index contributed by atoms with van der Waals surface area (Å²) in [7, 11) is 0. The summed E-state index contributed by atoms with van der Waals surface area (Å²) in [6.07, 6.45) is -4.85. The molecule has 0 bridgehead atoms. The zero-order chi connectivity index (χ0) is 14.9. The van der Waals surface area contributed by atoms with Gasteiger partial charge in [0.2, 0.25) is 0 Å². The van der Waals surface area contributed by atoms with Crippen LogP contribution in [0.2, 0.25) is 0 Å². The molecule has 1 aromatic heterocycles. The zero-order valence-corrected chi connectivity index (χ0v) is 10.6. The number of alkyl halides is 3. The van der Waals surface area contributed by atoms with E-state index in [1.807, 2.05) is 0 Å². The number of amides is 1. The van der Waals surface area contributed by atoms with Gasteiger partial charge in [0.25, 0.3) is 11.3 Å². The van der Waals surface area contributed by atoms with Crippen molar-refractivity contribution in [2.45, 2.75) is 18.6 Å². The Hall–Kier alpha value is -1.68. The lowest BCUT2D eigenvalue weighted by atomic mass is 10.1. The van der Waals surface area contributed by atoms with Crippen LogP contribution in [0.3, 0.4) is 0 Å². The van der Waals surface area contributed by atoms with E-state index in [4.69, 9.17) is 9.29 Å². The van der Waals surface area contributed by atoms with Crippen LogP contribution in [0.4, 0.5) is 18.0 Å². The highest BCUT2D eigenvalue weighted by molar-refractivity contribution is 7.78. The number of hydrogen-bond donors (Lipinski definition) is 1. The van der Waals surface area contributed by atoms with Crippen molar-refractivity contribution in [1.82, 2.24) is 9.29 Å². The summed E-state index contributed by atoms with van der Waals surface area (Å²) in [5.74, 6) is 0. The minimum atomic E-state index is -4.52. The Morgan fingerprint density at radius 3 is 2.75 bits per heavy atom. The van der Waals surface area contributed by atoms with Crippen LogP contribution in [-0.4, -0.2) is 37.3 Å². The monoisotopic (exact) mass is 310 g/mol. The van der Waals surface area contributed by atoms with E-state index in [-0.39, 0.29) is 13.0 Å². The smallest absolute Gasteiger partial charge is 0.433 e. The quantitative estimate of drug-likeness (QED) is 0.897. The molecule has 0 aliphatic carbocycles. The van der Waals surface area contributed by atoms with Gasteiger partial charge in [0.1, 0.15) is 5.69 Å². The molecule has 0 radical (unpaired) electrons. The summed E-state index contributed by atoms with van der Waals surface area (Å²) in [5, 5.41) is 8.87. The van der Waals surface area contributed by atoms with Gasteiger partial charge in [0.05, 0.1) is 12.6 Å². The van der Waals surface area contributed by atoms with Gasteiger partial charge in [-0.25, -0.2) is 9.00 Å². The highest BCUT2D eigenvalue weighted by atomic mass is 32.2. The molecule has 1 fully saturated rings. The van der Waals surface area contributed by atoms with E-state index in [0.29, 0.717) is 9.87 Å². The predicted molar refractivity (Wildman–Crippen MR) is 60.7 cm³/mol. The Labute approximate surface area is 114 Å². The Kier molecular flexibility index (Phi) is 3.95. The average molecular weight is 310 g/mol. The van der Waals surface area contributed by atoms with Crippen LogP contribution in [-0.2, 0) is 28.0 Å². The molecule has 1 saturated heterocycles. The van der Waals surface area contributed by atoms with Gasteiger partial charge < -0.3 is 5.11 Å². The average Bonchev–Trinajstić information content (AvgIpc) is 2.70. The van der Waals surface area contributed by atoms with Crippen LogP contribution >= 0.6 is 0 Å². The molecule has 2 rings (SSSR count). The molecule has 1 aliphatic heterocycles. The van der Waals surface area contributed by atoms with Crippen LogP contribution < -0.4 is 0 Å². The summed E-state index contributed by atoms with van der Waals surface area (Å²) >= 11 is -2.08. The number of halogens is 3. The van der Waals surface area contributed by atoms with Gasteiger partial charge in [-0.3, -0.25) is 9.17 Å². The molecule has 1 amide bonds. The molecule has 10 heteroatoms. The summed E-state index contributed by atoms with van der Waals surface area (Å²) in [6, 6.07) is 1.30. The van der Waals surface area contributed by atoms with Crippen molar-refractivity contribution in [1.29, 1.82) is 0 Å². The maximum Gasteiger partial charge on any atom is 0.433 e. The SMILES string of the molecule is O=C(O)N1[C@@H](Cc2ccc(C(F)(F)F)nc2)COS1=O. The van der Waals surface area contributed by atoms with Crippen molar-refractivity contribution in [3.63, 3.8) is 0 Å². The van der Waals surface area contributed by atoms with E-state index in [9.17, 15) is 22.2 Å². The standard InChI is InChI=1S/C10H9F3N2O4S/c11-10(12,13)8-2-1-6(4-14-8)3-7-5-19-20(18)15(7)9(16)17/h1-2,4,7H,3,5H2,(H,16,17)/t7-,20?/m0/s1. The summed E-state index contributed by atoms with van der Waals surface area (Å²) in [5.41, 5.74) is -0.626. The topological polar surface area (TPSA) is 79.7 Å². The van der Waals surface area contributed by atoms with Crippen LogP contribution in [0, 0.1) is 0 Å². The van der Waals surface area contributed by atoms with Gasteiger partial charge in [-0.05, 0) is 18.1 Å². The third kappa shape index (κ3) is 3.07. The molecule has 2 atom stereocenters. The first kappa shape index (κ1) is 14.7. The fraction of sp³-hybridized carbons (Fsp3) is 0.400. The highest BCUT2D eigenvalue weighted by Crippen LogP contribution is 2.27. The molecule has 0 spiro atoms. The van der Waals surface area contributed by atoms with Crippen LogP contribution in [0.5, 0.6) is 0 Å². The third-order valence-corrected chi connectivity index (χ3v) is 3.74. The van der Waals surface area contributed by atoms with Crippen molar-refractivity contribution < 1.29 is 31.5 Å².